The van der Waals surface area contributed by atoms with E-state index in [0.717, 1.165) is 18.4 Å². The van der Waals surface area contributed by atoms with Crippen LogP contribution in [0.3, 0.4) is 0 Å². The molecule has 22 heavy (non-hydrogen) atoms. The second-order valence-corrected chi connectivity index (χ2v) is 4.99. The van der Waals surface area contributed by atoms with Gasteiger partial charge in [0.05, 0.1) is 12.2 Å². The van der Waals surface area contributed by atoms with Gasteiger partial charge in [0, 0.05) is 26.7 Å². The Morgan fingerprint density at radius 2 is 1.91 bits per heavy atom. The molecule has 2 amide bonds. The molecule has 0 radical (unpaired) electrons. The number of carbonyl (C=O) groups is 2. The van der Waals surface area contributed by atoms with Gasteiger partial charge >= 0.3 is 12.0 Å². The minimum Gasteiger partial charge on any atom is -0.478 e. The number of ether oxygens (including phenoxy) is 1. The zero-order valence-electron chi connectivity index (χ0n) is 13.2. The maximum Gasteiger partial charge on any atom is 0.335 e. The van der Waals surface area contributed by atoms with E-state index in [1.54, 1.807) is 24.1 Å². The zero-order chi connectivity index (χ0) is 16.4. The van der Waals surface area contributed by atoms with Gasteiger partial charge in [-0.25, -0.2) is 9.59 Å². The third-order valence-electron chi connectivity index (χ3n) is 3.28. The van der Waals surface area contributed by atoms with Gasteiger partial charge < -0.3 is 20.1 Å². The van der Waals surface area contributed by atoms with Crippen LogP contribution in [0.5, 0.6) is 0 Å². The van der Waals surface area contributed by atoms with E-state index in [9.17, 15) is 9.59 Å². The Hall–Kier alpha value is -2.08. The lowest BCUT2D eigenvalue weighted by Crippen LogP contribution is -2.41. The van der Waals surface area contributed by atoms with Crippen molar-refractivity contribution < 1.29 is 19.4 Å². The maximum atomic E-state index is 12.2. The van der Waals surface area contributed by atoms with E-state index in [1.807, 2.05) is 0 Å². The van der Waals surface area contributed by atoms with Crippen LogP contribution in [-0.2, 0) is 11.3 Å². The fraction of sp³-hybridized carbons (Fsp3) is 0.500. The van der Waals surface area contributed by atoms with Gasteiger partial charge in [0.1, 0.15) is 0 Å². The van der Waals surface area contributed by atoms with Crippen molar-refractivity contribution in [1.82, 2.24) is 10.2 Å². The summed E-state index contributed by atoms with van der Waals surface area (Å²) >= 11 is 0. The standard InChI is InChI=1S/C16H24N2O4/c1-3-4-9-18(10-11-22-2)16(21)17-12-13-5-7-14(8-6-13)15(19)20/h5-8H,3-4,9-12H2,1-2H3,(H,17,21)(H,19,20). The van der Waals surface area contributed by atoms with Crippen molar-refractivity contribution in [3.05, 3.63) is 35.4 Å². The molecule has 0 unspecified atom stereocenters. The number of nitrogens with one attached hydrogen (secondary N) is 1. The molecule has 0 aromatic heterocycles. The number of hydrogen-bond donors (Lipinski definition) is 2. The minimum atomic E-state index is -0.958. The van der Waals surface area contributed by atoms with Crippen molar-refractivity contribution in [2.45, 2.75) is 26.3 Å². The number of carboxylic acid groups (broad SMARTS) is 1. The molecule has 122 valence electrons. The number of methoxy groups -OCH3 is 1. The van der Waals surface area contributed by atoms with E-state index >= 15 is 0 Å². The Balaban J connectivity index is 2.51. The Bertz CT molecular complexity index is 466. The van der Waals surface area contributed by atoms with Crippen LogP contribution in [0.4, 0.5) is 4.79 Å². The van der Waals surface area contributed by atoms with Crippen molar-refractivity contribution in [3.63, 3.8) is 0 Å². The number of carboxylic acids is 1. The van der Waals surface area contributed by atoms with Crippen molar-refractivity contribution >= 4 is 12.0 Å². The quantitative estimate of drug-likeness (QED) is 0.734. The molecule has 0 aliphatic rings. The second kappa shape index (κ2) is 9.78. The second-order valence-electron chi connectivity index (χ2n) is 4.99. The van der Waals surface area contributed by atoms with Gasteiger partial charge in [0.2, 0.25) is 0 Å². The van der Waals surface area contributed by atoms with Gasteiger partial charge in [-0.1, -0.05) is 25.5 Å². The van der Waals surface area contributed by atoms with Gasteiger partial charge in [0.15, 0.2) is 0 Å². The number of carbonyl (C=O) groups excluding carboxylic acids is 1. The molecule has 0 bridgehead atoms. The fourth-order valence-corrected chi connectivity index (χ4v) is 1.92. The van der Waals surface area contributed by atoms with E-state index in [4.69, 9.17) is 9.84 Å². The summed E-state index contributed by atoms with van der Waals surface area (Å²) in [6.45, 7) is 4.21. The molecule has 6 heteroatoms. The first-order valence-electron chi connectivity index (χ1n) is 7.42. The number of amides is 2. The van der Waals surface area contributed by atoms with Crippen LogP contribution >= 0.6 is 0 Å². The monoisotopic (exact) mass is 308 g/mol. The van der Waals surface area contributed by atoms with E-state index in [2.05, 4.69) is 12.2 Å². The number of aromatic carboxylic acids is 1. The third-order valence-corrected chi connectivity index (χ3v) is 3.28. The minimum absolute atomic E-state index is 0.132. The molecule has 0 atom stereocenters. The zero-order valence-corrected chi connectivity index (χ0v) is 13.2. The first kappa shape index (κ1) is 18.0. The highest BCUT2D eigenvalue weighted by Crippen LogP contribution is 2.05. The molecule has 0 saturated heterocycles. The van der Waals surface area contributed by atoms with Crippen molar-refractivity contribution in [2.75, 3.05) is 26.8 Å². The van der Waals surface area contributed by atoms with Gasteiger partial charge in [-0.05, 0) is 24.1 Å². The van der Waals surface area contributed by atoms with E-state index in [0.29, 0.717) is 26.2 Å². The van der Waals surface area contributed by atoms with E-state index < -0.39 is 5.97 Å². The first-order valence-corrected chi connectivity index (χ1v) is 7.42. The number of rotatable bonds is 9. The topological polar surface area (TPSA) is 78.9 Å². The predicted octanol–water partition coefficient (Wildman–Crippen LogP) is 2.34. The molecule has 0 saturated carbocycles. The van der Waals surface area contributed by atoms with Crippen LogP contribution < -0.4 is 5.32 Å². The van der Waals surface area contributed by atoms with Crippen LogP contribution in [0, 0.1) is 0 Å². The summed E-state index contributed by atoms with van der Waals surface area (Å²) in [6, 6.07) is 6.34. The molecule has 1 aromatic rings. The fourth-order valence-electron chi connectivity index (χ4n) is 1.92. The van der Waals surface area contributed by atoms with Gasteiger partial charge in [0.25, 0.3) is 0 Å². The Morgan fingerprint density at radius 3 is 2.45 bits per heavy atom. The summed E-state index contributed by atoms with van der Waals surface area (Å²) in [6.07, 6.45) is 1.97. The third kappa shape index (κ3) is 6.13. The molecule has 0 heterocycles. The Kier molecular flexibility index (Phi) is 7.99. The molecule has 1 aromatic carbocycles. The lowest BCUT2D eigenvalue weighted by Gasteiger charge is -2.22. The van der Waals surface area contributed by atoms with Gasteiger partial charge in [-0.2, -0.15) is 0 Å². The normalized spacial score (nSPS) is 10.3. The highest BCUT2D eigenvalue weighted by atomic mass is 16.5. The smallest absolute Gasteiger partial charge is 0.335 e. The van der Waals surface area contributed by atoms with Crippen LogP contribution in [0.2, 0.25) is 0 Å². The number of hydrogen-bond acceptors (Lipinski definition) is 3. The Labute approximate surface area is 131 Å². The largest absolute Gasteiger partial charge is 0.478 e. The van der Waals surface area contributed by atoms with Crippen LogP contribution in [-0.4, -0.2) is 48.8 Å². The molecule has 2 N–H and O–H groups in total. The molecule has 6 nitrogen and oxygen atoms in total. The van der Waals surface area contributed by atoms with Crippen LogP contribution in [0.15, 0.2) is 24.3 Å². The van der Waals surface area contributed by atoms with Gasteiger partial charge in [-0.15, -0.1) is 0 Å². The molecule has 0 spiro atoms. The maximum absolute atomic E-state index is 12.2. The summed E-state index contributed by atoms with van der Waals surface area (Å²) in [5.74, 6) is -0.958. The van der Waals surface area contributed by atoms with Crippen LogP contribution in [0.25, 0.3) is 0 Å². The number of unbranched alkanes of at least 4 members (excludes halogenated alkanes) is 1. The highest BCUT2D eigenvalue weighted by molar-refractivity contribution is 5.87. The number of nitrogens with zero attached hydrogens (tertiary/aromatic N) is 1. The molecule has 0 aliphatic heterocycles. The summed E-state index contributed by atoms with van der Waals surface area (Å²) in [7, 11) is 1.61. The summed E-state index contributed by atoms with van der Waals surface area (Å²) in [5, 5.41) is 11.7. The number of benzene rings is 1. The van der Waals surface area contributed by atoms with E-state index in [-0.39, 0.29) is 11.6 Å². The lowest BCUT2D eigenvalue weighted by atomic mass is 10.1. The summed E-state index contributed by atoms with van der Waals surface area (Å²) in [4.78, 5) is 24.7. The van der Waals surface area contributed by atoms with Crippen molar-refractivity contribution in [2.24, 2.45) is 0 Å². The lowest BCUT2D eigenvalue weighted by molar-refractivity contribution is 0.0697. The molecule has 1 rings (SSSR count). The summed E-state index contributed by atoms with van der Waals surface area (Å²) < 4.78 is 5.02. The highest BCUT2D eigenvalue weighted by Gasteiger charge is 2.12. The average Bonchev–Trinajstić information content (AvgIpc) is 2.53. The predicted molar refractivity (Wildman–Crippen MR) is 84.0 cm³/mol. The first-order chi connectivity index (χ1) is 10.6. The van der Waals surface area contributed by atoms with Crippen molar-refractivity contribution in [3.8, 4) is 0 Å². The molecule has 0 aliphatic carbocycles. The molecular formula is C16H24N2O4. The van der Waals surface area contributed by atoms with Crippen LogP contribution in [0.1, 0.15) is 35.7 Å². The Morgan fingerprint density at radius 1 is 1.23 bits per heavy atom. The van der Waals surface area contributed by atoms with Crippen molar-refractivity contribution in [1.29, 1.82) is 0 Å². The van der Waals surface area contributed by atoms with Gasteiger partial charge in [-0.3, -0.25) is 0 Å². The summed E-state index contributed by atoms with van der Waals surface area (Å²) in [5.41, 5.74) is 1.10. The number of urea groups is 1. The molecular weight excluding hydrogens is 284 g/mol. The average molecular weight is 308 g/mol. The van der Waals surface area contributed by atoms with E-state index in [1.165, 1.54) is 12.1 Å². The SMILES string of the molecule is CCCCN(CCOC)C(=O)NCc1ccc(C(=O)O)cc1. The molecule has 0 fully saturated rings.